The lowest BCUT2D eigenvalue weighted by Gasteiger charge is -2.23. The first-order valence-corrected chi connectivity index (χ1v) is 10.0. The van der Waals surface area contributed by atoms with Crippen molar-refractivity contribution in [2.45, 2.75) is 30.4 Å². The monoisotopic (exact) mass is 377 g/mol. The van der Waals surface area contributed by atoms with E-state index in [1.807, 2.05) is 6.07 Å². The summed E-state index contributed by atoms with van der Waals surface area (Å²) in [5, 5.41) is 0. The van der Waals surface area contributed by atoms with Crippen molar-refractivity contribution in [2.24, 2.45) is 0 Å². The molecule has 0 spiro atoms. The molecule has 3 rings (SSSR count). The second-order valence-corrected chi connectivity index (χ2v) is 7.69. The SMILES string of the molecule is COc1ccccc1NS(=O)(=O)c1ccccc1COC1CCOCC1. The summed E-state index contributed by atoms with van der Waals surface area (Å²) in [7, 11) is -2.26. The highest BCUT2D eigenvalue weighted by Crippen LogP contribution is 2.27. The second kappa shape index (κ2) is 8.53. The average molecular weight is 377 g/mol. The summed E-state index contributed by atoms with van der Waals surface area (Å²) in [6, 6.07) is 13.8. The van der Waals surface area contributed by atoms with Gasteiger partial charge in [0.2, 0.25) is 0 Å². The van der Waals surface area contributed by atoms with Gasteiger partial charge in [-0.25, -0.2) is 8.42 Å². The fraction of sp³-hybridized carbons (Fsp3) is 0.368. The molecule has 0 saturated carbocycles. The Bertz CT molecular complexity index is 831. The van der Waals surface area contributed by atoms with Gasteiger partial charge in [-0.2, -0.15) is 0 Å². The molecule has 0 aliphatic carbocycles. The first-order valence-electron chi connectivity index (χ1n) is 8.53. The highest BCUT2D eigenvalue weighted by atomic mass is 32.2. The number of hydrogen-bond donors (Lipinski definition) is 1. The van der Waals surface area contributed by atoms with Crippen LogP contribution in [0.1, 0.15) is 18.4 Å². The fourth-order valence-electron chi connectivity index (χ4n) is 2.86. The van der Waals surface area contributed by atoms with Crippen LogP contribution in [0.3, 0.4) is 0 Å². The van der Waals surface area contributed by atoms with Crippen LogP contribution < -0.4 is 9.46 Å². The molecule has 2 aromatic rings. The molecule has 0 aromatic heterocycles. The largest absolute Gasteiger partial charge is 0.495 e. The highest BCUT2D eigenvalue weighted by Gasteiger charge is 2.21. The number of sulfonamides is 1. The van der Waals surface area contributed by atoms with Crippen molar-refractivity contribution >= 4 is 15.7 Å². The Kier molecular flexibility index (Phi) is 6.13. The third kappa shape index (κ3) is 4.55. The maximum absolute atomic E-state index is 12.9. The first-order chi connectivity index (χ1) is 12.6. The topological polar surface area (TPSA) is 73.9 Å². The zero-order valence-electron chi connectivity index (χ0n) is 14.7. The van der Waals surface area contributed by atoms with Gasteiger partial charge in [-0.3, -0.25) is 4.72 Å². The number of methoxy groups -OCH3 is 1. The minimum Gasteiger partial charge on any atom is -0.495 e. The van der Waals surface area contributed by atoms with E-state index in [0.717, 1.165) is 12.8 Å². The molecule has 1 fully saturated rings. The van der Waals surface area contributed by atoms with Crippen LogP contribution in [-0.2, 0) is 26.1 Å². The minimum absolute atomic E-state index is 0.0988. The number of nitrogens with one attached hydrogen (secondary N) is 1. The zero-order chi connectivity index (χ0) is 18.4. The smallest absolute Gasteiger partial charge is 0.262 e. The van der Waals surface area contributed by atoms with Gasteiger partial charge >= 0.3 is 0 Å². The molecule has 1 N–H and O–H groups in total. The van der Waals surface area contributed by atoms with E-state index in [1.54, 1.807) is 42.5 Å². The van der Waals surface area contributed by atoms with Crippen LogP contribution in [0, 0.1) is 0 Å². The van der Waals surface area contributed by atoms with Crippen molar-refractivity contribution in [2.75, 3.05) is 25.0 Å². The van der Waals surface area contributed by atoms with E-state index >= 15 is 0 Å². The summed E-state index contributed by atoms with van der Waals surface area (Å²) in [4.78, 5) is 0.206. The number of para-hydroxylation sites is 2. The molecule has 1 heterocycles. The van der Waals surface area contributed by atoms with Gasteiger partial charge in [-0.15, -0.1) is 0 Å². The van der Waals surface area contributed by atoms with Crippen LogP contribution in [0.15, 0.2) is 53.4 Å². The van der Waals surface area contributed by atoms with Gasteiger partial charge < -0.3 is 14.2 Å². The molecule has 26 heavy (non-hydrogen) atoms. The van der Waals surface area contributed by atoms with Gasteiger partial charge in [-0.05, 0) is 36.6 Å². The number of anilines is 1. The molecule has 0 bridgehead atoms. The molecular weight excluding hydrogens is 354 g/mol. The van der Waals surface area contributed by atoms with E-state index in [1.165, 1.54) is 7.11 Å². The normalized spacial score (nSPS) is 15.6. The number of benzene rings is 2. The predicted octanol–water partition coefficient (Wildman–Crippen LogP) is 3.19. The van der Waals surface area contributed by atoms with Crippen molar-refractivity contribution in [1.29, 1.82) is 0 Å². The van der Waals surface area contributed by atoms with Crippen molar-refractivity contribution < 1.29 is 22.6 Å². The summed E-state index contributed by atoms with van der Waals surface area (Å²) in [6.45, 7) is 1.60. The predicted molar refractivity (Wildman–Crippen MR) is 98.9 cm³/mol. The number of rotatable bonds is 7. The van der Waals surface area contributed by atoms with Crippen LogP contribution in [0.4, 0.5) is 5.69 Å². The van der Waals surface area contributed by atoms with Gasteiger partial charge in [0.05, 0.1) is 30.4 Å². The molecule has 0 amide bonds. The van der Waals surface area contributed by atoms with Crippen LogP contribution in [0.5, 0.6) is 5.75 Å². The second-order valence-electron chi connectivity index (χ2n) is 6.04. The van der Waals surface area contributed by atoms with Gasteiger partial charge in [-0.1, -0.05) is 30.3 Å². The molecule has 0 atom stereocenters. The van der Waals surface area contributed by atoms with E-state index in [9.17, 15) is 8.42 Å². The molecule has 0 radical (unpaired) electrons. The Morgan fingerprint density at radius 3 is 2.54 bits per heavy atom. The van der Waals surface area contributed by atoms with Crippen LogP contribution in [-0.4, -0.2) is 34.8 Å². The Labute approximate surface area is 154 Å². The standard InChI is InChI=1S/C19H23NO5S/c1-23-18-8-4-3-7-17(18)20-26(21,22)19-9-5-2-6-15(19)14-25-16-10-12-24-13-11-16/h2-9,16,20H,10-14H2,1H3. The third-order valence-corrected chi connectivity index (χ3v) is 5.72. The molecule has 2 aromatic carbocycles. The number of hydrogen-bond acceptors (Lipinski definition) is 5. The lowest BCUT2D eigenvalue weighted by atomic mass is 10.1. The minimum atomic E-state index is -3.76. The molecule has 1 aliphatic rings. The molecule has 7 heteroatoms. The zero-order valence-corrected chi connectivity index (χ0v) is 15.5. The summed E-state index contributed by atoms with van der Waals surface area (Å²) in [5.74, 6) is 0.465. The van der Waals surface area contributed by atoms with Crippen LogP contribution in [0.25, 0.3) is 0 Å². The van der Waals surface area contributed by atoms with Gasteiger partial charge in [0.25, 0.3) is 10.0 Å². The van der Waals surface area contributed by atoms with Crippen molar-refractivity contribution in [3.05, 3.63) is 54.1 Å². The Morgan fingerprint density at radius 2 is 1.77 bits per heavy atom. The highest BCUT2D eigenvalue weighted by molar-refractivity contribution is 7.92. The number of ether oxygens (including phenoxy) is 3. The summed E-state index contributed by atoms with van der Waals surface area (Å²) in [6.07, 6.45) is 1.75. The van der Waals surface area contributed by atoms with Crippen LogP contribution in [0.2, 0.25) is 0 Å². The van der Waals surface area contributed by atoms with E-state index < -0.39 is 10.0 Å². The molecule has 1 aliphatic heterocycles. The maximum atomic E-state index is 12.9. The summed E-state index contributed by atoms with van der Waals surface area (Å²) in [5.41, 5.74) is 1.02. The van der Waals surface area contributed by atoms with Gasteiger partial charge in [0, 0.05) is 13.2 Å². The van der Waals surface area contributed by atoms with E-state index in [2.05, 4.69) is 4.72 Å². The molecule has 6 nitrogen and oxygen atoms in total. The van der Waals surface area contributed by atoms with Crippen molar-refractivity contribution in [3.63, 3.8) is 0 Å². The molecule has 0 unspecified atom stereocenters. The lowest BCUT2D eigenvalue weighted by Crippen LogP contribution is -2.24. The van der Waals surface area contributed by atoms with Gasteiger partial charge in [0.1, 0.15) is 5.75 Å². The van der Waals surface area contributed by atoms with E-state index in [-0.39, 0.29) is 17.6 Å². The Balaban J connectivity index is 1.79. The third-order valence-electron chi connectivity index (χ3n) is 4.26. The van der Waals surface area contributed by atoms with Gasteiger partial charge in [0.15, 0.2) is 0 Å². The summed E-state index contributed by atoms with van der Waals surface area (Å²) >= 11 is 0. The molecule has 140 valence electrons. The van der Waals surface area contributed by atoms with Crippen molar-refractivity contribution in [3.8, 4) is 5.75 Å². The quantitative estimate of drug-likeness (QED) is 0.802. The first kappa shape index (κ1) is 18.7. The van der Waals surface area contributed by atoms with E-state index in [4.69, 9.17) is 14.2 Å². The Morgan fingerprint density at radius 1 is 1.08 bits per heavy atom. The molecule has 1 saturated heterocycles. The Hall–Kier alpha value is -2.09. The average Bonchev–Trinajstić information content (AvgIpc) is 2.67. The molecular formula is C19H23NO5S. The fourth-order valence-corrected chi connectivity index (χ4v) is 4.16. The maximum Gasteiger partial charge on any atom is 0.262 e. The summed E-state index contributed by atoms with van der Waals surface area (Å²) < 4.78 is 44.8. The van der Waals surface area contributed by atoms with Crippen molar-refractivity contribution in [1.82, 2.24) is 0 Å². The van der Waals surface area contributed by atoms with Crippen LogP contribution >= 0.6 is 0 Å². The van der Waals surface area contributed by atoms with E-state index in [0.29, 0.717) is 30.2 Å². The lowest BCUT2D eigenvalue weighted by molar-refractivity contribution is -0.0396.